The van der Waals surface area contributed by atoms with Gasteiger partial charge in [0.05, 0.1) is 18.7 Å². The van der Waals surface area contributed by atoms with E-state index >= 15 is 0 Å². The highest BCUT2D eigenvalue weighted by atomic mass is 16.5. The van der Waals surface area contributed by atoms with Crippen LogP contribution < -0.4 is 11.1 Å². The van der Waals surface area contributed by atoms with E-state index in [4.69, 9.17) is 14.9 Å². The number of nitrogens with zero attached hydrogens (tertiary/aromatic N) is 1. The number of amides is 3. The van der Waals surface area contributed by atoms with Gasteiger partial charge >= 0.3 is 5.97 Å². The summed E-state index contributed by atoms with van der Waals surface area (Å²) in [7, 11) is 0. The first kappa shape index (κ1) is 20.1. The van der Waals surface area contributed by atoms with E-state index in [0.29, 0.717) is 17.0 Å². The van der Waals surface area contributed by atoms with Crippen LogP contribution in [-0.4, -0.2) is 41.2 Å². The zero-order valence-corrected chi connectivity index (χ0v) is 15.8. The van der Waals surface area contributed by atoms with Gasteiger partial charge in [0.25, 0.3) is 5.91 Å². The summed E-state index contributed by atoms with van der Waals surface area (Å²) in [6, 6.07) is 9.48. The SMILES string of the molecule is C[C@H](OC(=O)[C@@H]1CC(=O)N(Cc2ccco2)C1)C(=O)Nc1ccc(C(N)=O)cc1. The fourth-order valence-corrected chi connectivity index (χ4v) is 2.96. The Balaban J connectivity index is 1.51. The second kappa shape index (κ2) is 8.59. The number of rotatable bonds is 7. The van der Waals surface area contributed by atoms with E-state index in [1.54, 1.807) is 12.1 Å². The van der Waals surface area contributed by atoms with Gasteiger partial charge < -0.3 is 25.1 Å². The second-order valence-corrected chi connectivity index (χ2v) is 6.76. The van der Waals surface area contributed by atoms with Gasteiger partial charge in [0.15, 0.2) is 6.10 Å². The average Bonchev–Trinajstić information content (AvgIpc) is 3.32. The molecule has 0 aliphatic carbocycles. The van der Waals surface area contributed by atoms with Gasteiger partial charge in [-0.05, 0) is 43.3 Å². The standard InChI is InChI=1S/C20H21N3O6/c1-12(19(26)22-15-6-4-13(5-7-15)18(21)25)29-20(27)14-9-17(24)23(10-14)11-16-3-2-8-28-16/h2-8,12,14H,9-11H2,1H3,(H2,21,25)(H,22,26)/t12-,14+/m0/s1. The molecule has 3 rings (SSSR count). The van der Waals surface area contributed by atoms with Crippen LogP contribution >= 0.6 is 0 Å². The number of esters is 1. The minimum atomic E-state index is -1.05. The predicted octanol–water partition coefficient (Wildman–Crippen LogP) is 1.30. The third kappa shape index (κ3) is 5.01. The molecule has 0 spiro atoms. The van der Waals surface area contributed by atoms with Crippen molar-refractivity contribution in [3.05, 3.63) is 54.0 Å². The molecule has 1 aliphatic rings. The van der Waals surface area contributed by atoms with Crippen LogP contribution in [0.15, 0.2) is 47.1 Å². The van der Waals surface area contributed by atoms with E-state index in [1.165, 1.54) is 42.4 Å². The van der Waals surface area contributed by atoms with Crippen LogP contribution in [0.25, 0.3) is 0 Å². The molecule has 9 nitrogen and oxygen atoms in total. The zero-order valence-electron chi connectivity index (χ0n) is 15.8. The molecule has 3 N–H and O–H groups in total. The molecule has 152 valence electrons. The Kier molecular flexibility index (Phi) is 5.96. The number of furan rings is 1. The molecule has 0 saturated carbocycles. The van der Waals surface area contributed by atoms with Crippen LogP contribution in [0.3, 0.4) is 0 Å². The lowest BCUT2D eigenvalue weighted by Gasteiger charge is -2.17. The predicted molar refractivity (Wildman–Crippen MR) is 101 cm³/mol. The molecule has 2 aromatic rings. The number of anilines is 1. The number of hydrogen-bond donors (Lipinski definition) is 2. The van der Waals surface area contributed by atoms with Crippen molar-refractivity contribution in [2.75, 3.05) is 11.9 Å². The maximum atomic E-state index is 12.4. The van der Waals surface area contributed by atoms with Gasteiger partial charge in [0.1, 0.15) is 5.76 Å². The molecular formula is C20H21N3O6. The highest BCUT2D eigenvalue weighted by Crippen LogP contribution is 2.22. The molecule has 29 heavy (non-hydrogen) atoms. The van der Waals surface area contributed by atoms with Gasteiger partial charge in [-0.15, -0.1) is 0 Å². The number of carbonyl (C=O) groups excluding carboxylic acids is 4. The molecule has 3 amide bonds. The third-order valence-electron chi connectivity index (χ3n) is 4.57. The van der Waals surface area contributed by atoms with Crippen molar-refractivity contribution in [2.45, 2.75) is 26.0 Å². The van der Waals surface area contributed by atoms with E-state index in [1.807, 2.05) is 0 Å². The number of carbonyl (C=O) groups is 4. The number of likely N-dealkylation sites (tertiary alicyclic amines) is 1. The minimum Gasteiger partial charge on any atom is -0.467 e. The normalized spacial score (nSPS) is 17.1. The fraction of sp³-hybridized carbons (Fsp3) is 0.300. The topological polar surface area (TPSA) is 132 Å². The smallest absolute Gasteiger partial charge is 0.312 e. The number of ether oxygens (including phenoxy) is 1. The maximum absolute atomic E-state index is 12.4. The Morgan fingerprint density at radius 1 is 1.28 bits per heavy atom. The van der Waals surface area contributed by atoms with E-state index in [-0.39, 0.29) is 25.4 Å². The lowest BCUT2D eigenvalue weighted by Crippen LogP contribution is -2.33. The summed E-state index contributed by atoms with van der Waals surface area (Å²) < 4.78 is 10.5. The molecule has 1 aromatic carbocycles. The summed E-state index contributed by atoms with van der Waals surface area (Å²) in [6.45, 7) is 1.94. The van der Waals surface area contributed by atoms with Crippen molar-refractivity contribution in [1.82, 2.24) is 4.90 Å². The van der Waals surface area contributed by atoms with E-state index < -0.39 is 29.8 Å². The first-order valence-corrected chi connectivity index (χ1v) is 9.05. The van der Waals surface area contributed by atoms with Gasteiger partial charge in [-0.25, -0.2) is 0 Å². The third-order valence-corrected chi connectivity index (χ3v) is 4.57. The van der Waals surface area contributed by atoms with Crippen LogP contribution in [0.5, 0.6) is 0 Å². The number of primary amides is 1. The quantitative estimate of drug-likeness (QED) is 0.675. The molecule has 0 radical (unpaired) electrons. The van der Waals surface area contributed by atoms with Crippen molar-refractivity contribution in [3.8, 4) is 0 Å². The van der Waals surface area contributed by atoms with E-state index in [9.17, 15) is 19.2 Å². The Hall–Kier alpha value is -3.62. The summed E-state index contributed by atoms with van der Waals surface area (Å²) in [5, 5.41) is 2.59. The molecule has 1 aromatic heterocycles. The van der Waals surface area contributed by atoms with Gasteiger partial charge in [-0.2, -0.15) is 0 Å². The van der Waals surface area contributed by atoms with Gasteiger partial charge in [0.2, 0.25) is 11.8 Å². The molecule has 1 fully saturated rings. The molecule has 2 heterocycles. The zero-order chi connectivity index (χ0) is 21.0. The van der Waals surface area contributed by atoms with Crippen molar-refractivity contribution >= 4 is 29.4 Å². The van der Waals surface area contributed by atoms with Crippen molar-refractivity contribution in [2.24, 2.45) is 11.7 Å². The monoisotopic (exact) mass is 399 g/mol. The highest BCUT2D eigenvalue weighted by molar-refractivity contribution is 5.97. The number of benzene rings is 1. The van der Waals surface area contributed by atoms with Gasteiger partial charge in [-0.1, -0.05) is 0 Å². The van der Waals surface area contributed by atoms with Crippen LogP contribution in [0.4, 0.5) is 5.69 Å². The molecule has 9 heteroatoms. The Bertz CT molecular complexity index is 907. The Morgan fingerprint density at radius 3 is 2.62 bits per heavy atom. The summed E-state index contributed by atoms with van der Waals surface area (Å²) >= 11 is 0. The van der Waals surface area contributed by atoms with Crippen molar-refractivity contribution in [1.29, 1.82) is 0 Å². The van der Waals surface area contributed by atoms with Crippen molar-refractivity contribution in [3.63, 3.8) is 0 Å². The lowest BCUT2D eigenvalue weighted by molar-refractivity contribution is -0.157. The van der Waals surface area contributed by atoms with Gasteiger partial charge in [0, 0.05) is 24.2 Å². The number of hydrogen-bond acceptors (Lipinski definition) is 6. The first-order chi connectivity index (χ1) is 13.8. The molecular weight excluding hydrogens is 378 g/mol. The van der Waals surface area contributed by atoms with E-state index in [0.717, 1.165) is 0 Å². The second-order valence-electron chi connectivity index (χ2n) is 6.76. The fourth-order valence-electron chi connectivity index (χ4n) is 2.96. The van der Waals surface area contributed by atoms with E-state index in [2.05, 4.69) is 5.32 Å². The summed E-state index contributed by atoms with van der Waals surface area (Å²) in [5.41, 5.74) is 5.91. The summed E-state index contributed by atoms with van der Waals surface area (Å²) in [4.78, 5) is 49.3. The largest absolute Gasteiger partial charge is 0.467 e. The lowest BCUT2D eigenvalue weighted by atomic mass is 10.1. The number of nitrogens with two attached hydrogens (primary N) is 1. The molecule has 1 aliphatic heterocycles. The van der Waals surface area contributed by atoms with Gasteiger partial charge in [-0.3, -0.25) is 19.2 Å². The molecule has 2 atom stereocenters. The first-order valence-electron chi connectivity index (χ1n) is 9.05. The van der Waals surface area contributed by atoms with Crippen LogP contribution in [0.1, 0.15) is 29.5 Å². The Morgan fingerprint density at radius 2 is 2.00 bits per heavy atom. The molecule has 0 bridgehead atoms. The van der Waals surface area contributed by atoms with Crippen molar-refractivity contribution < 1.29 is 28.3 Å². The van der Waals surface area contributed by atoms with Crippen LogP contribution in [0.2, 0.25) is 0 Å². The van der Waals surface area contributed by atoms with Crippen LogP contribution in [-0.2, 0) is 25.7 Å². The maximum Gasteiger partial charge on any atom is 0.312 e. The Labute approximate surface area is 166 Å². The average molecular weight is 399 g/mol. The number of nitrogens with one attached hydrogen (secondary N) is 1. The summed E-state index contributed by atoms with van der Waals surface area (Å²) in [6.07, 6.45) is 0.499. The molecule has 1 saturated heterocycles. The summed E-state index contributed by atoms with van der Waals surface area (Å²) in [5.74, 6) is -1.88. The highest BCUT2D eigenvalue weighted by Gasteiger charge is 2.36. The minimum absolute atomic E-state index is 0.0302. The van der Waals surface area contributed by atoms with Crippen LogP contribution in [0, 0.1) is 5.92 Å². The molecule has 0 unspecified atom stereocenters.